The number of nitrogens with zero attached hydrogens (tertiary/aromatic N) is 7. The standard InChI is InChI=1S/C34H47N7O12S/c1-5-54(49,50)18-20-8-10-21(11-9-20)40(4)29-22-12-14-41(30(22)37-19-36-29)33(47)38(2)15-16-39(3)34(48)51-17-23-24(7-6-13-35-23)52-32-27(44)25(42)26(43)28(53-32)31(45)46/h6-7,12-14,19-21,25-28,32,42-44H,5,8-11,15-18H2,1-4H3,(H,45,46)/t20?,21?,25-,26-,27+,28-,32+/m0/s1. The van der Waals surface area contributed by atoms with Crippen molar-refractivity contribution in [3.05, 3.63) is 42.6 Å². The van der Waals surface area contributed by atoms with E-state index in [-0.39, 0.29) is 54.0 Å². The Morgan fingerprint density at radius 2 is 1.67 bits per heavy atom. The number of rotatable bonds is 13. The third kappa shape index (κ3) is 9.17. The van der Waals surface area contributed by atoms with Crippen LogP contribution in [-0.2, 0) is 30.7 Å². The zero-order chi connectivity index (χ0) is 39.3. The van der Waals surface area contributed by atoms with E-state index in [1.165, 1.54) is 46.1 Å². The van der Waals surface area contributed by atoms with E-state index >= 15 is 0 Å². The molecule has 296 valence electrons. The minimum Gasteiger partial charge on any atom is -0.479 e. The van der Waals surface area contributed by atoms with Crippen LogP contribution in [0.2, 0.25) is 0 Å². The average Bonchev–Trinajstić information content (AvgIpc) is 3.60. The quantitative estimate of drug-likeness (QED) is 0.186. The molecule has 0 spiro atoms. The Labute approximate surface area is 312 Å². The van der Waals surface area contributed by atoms with Crippen LogP contribution in [-0.4, -0.2) is 159 Å². The molecule has 5 rings (SSSR count). The third-order valence-electron chi connectivity index (χ3n) is 9.94. The summed E-state index contributed by atoms with van der Waals surface area (Å²) in [7, 11) is 1.99. The van der Waals surface area contributed by atoms with E-state index in [9.17, 15) is 43.2 Å². The molecule has 4 N–H and O–H groups in total. The molecule has 2 aliphatic rings. The zero-order valence-electron chi connectivity index (χ0n) is 30.5. The molecular formula is C34H47N7O12S. The lowest BCUT2D eigenvalue weighted by atomic mass is 9.86. The number of aromatic nitrogens is 4. The maximum atomic E-state index is 13.5. The maximum absolute atomic E-state index is 13.5. The minimum absolute atomic E-state index is 0.0282. The van der Waals surface area contributed by atoms with Gasteiger partial charge in [-0.2, -0.15) is 0 Å². The highest BCUT2D eigenvalue weighted by molar-refractivity contribution is 7.91. The predicted molar refractivity (Wildman–Crippen MR) is 191 cm³/mol. The van der Waals surface area contributed by atoms with Gasteiger partial charge in [-0.15, -0.1) is 0 Å². The number of sulfone groups is 1. The molecule has 0 aromatic carbocycles. The van der Waals surface area contributed by atoms with Gasteiger partial charge in [-0.3, -0.25) is 9.55 Å². The third-order valence-corrected chi connectivity index (χ3v) is 11.8. The van der Waals surface area contributed by atoms with Crippen molar-refractivity contribution in [3.8, 4) is 5.75 Å². The first-order chi connectivity index (χ1) is 25.6. The Hall–Kier alpha value is -4.63. The molecule has 19 nitrogen and oxygen atoms in total. The summed E-state index contributed by atoms with van der Waals surface area (Å²) in [5.74, 6) is -0.405. The van der Waals surface area contributed by atoms with Crippen molar-refractivity contribution < 1.29 is 57.4 Å². The van der Waals surface area contributed by atoms with E-state index in [0.29, 0.717) is 16.9 Å². The maximum Gasteiger partial charge on any atom is 0.409 e. The number of ether oxygens (including phenoxy) is 3. The van der Waals surface area contributed by atoms with Gasteiger partial charge in [-0.1, -0.05) is 6.92 Å². The summed E-state index contributed by atoms with van der Waals surface area (Å²) in [6, 6.07) is 4.44. The fraction of sp³-hybridized carbons (Fsp3) is 0.588. The normalized spacial score (nSPS) is 24.5. The molecule has 1 saturated heterocycles. The molecule has 2 fully saturated rings. The smallest absolute Gasteiger partial charge is 0.409 e. The molecule has 1 aliphatic carbocycles. The van der Waals surface area contributed by atoms with Crippen LogP contribution in [0, 0.1) is 5.92 Å². The highest BCUT2D eigenvalue weighted by Crippen LogP contribution is 2.33. The lowest BCUT2D eigenvalue weighted by Gasteiger charge is -2.38. The van der Waals surface area contributed by atoms with Crippen molar-refractivity contribution in [2.75, 3.05) is 50.6 Å². The lowest BCUT2D eigenvalue weighted by molar-refractivity contribution is -0.271. The number of amides is 2. The highest BCUT2D eigenvalue weighted by atomic mass is 32.2. The van der Waals surface area contributed by atoms with Gasteiger partial charge in [-0.25, -0.2) is 32.8 Å². The highest BCUT2D eigenvalue weighted by Gasteiger charge is 2.48. The summed E-state index contributed by atoms with van der Waals surface area (Å²) in [5, 5.41) is 40.3. The van der Waals surface area contributed by atoms with Gasteiger partial charge in [0, 0.05) is 58.4 Å². The summed E-state index contributed by atoms with van der Waals surface area (Å²) >= 11 is 0. The van der Waals surface area contributed by atoms with Crippen LogP contribution in [0.15, 0.2) is 36.9 Å². The van der Waals surface area contributed by atoms with Crippen LogP contribution >= 0.6 is 0 Å². The summed E-state index contributed by atoms with van der Waals surface area (Å²) in [5.41, 5.74) is 0.513. The van der Waals surface area contributed by atoms with Crippen LogP contribution in [0.4, 0.5) is 15.4 Å². The average molecular weight is 778 g/mol. The number of hydrogen-bond donors (Lipinski definition) is 4. The number of anilines is 1. The Bertz CT molecular complexity index is 1900. The largest absolute Gasteiger partial charge is 0.479 e. The Kier molecular flexibility index (Phi) is 12.9. The summed E-state index contributed by atoms with van der Waals surface area (Å²) in [6.45, 7) is 1.51. The second kappa shape index (κ2) is 17.2. The van der Waals surface area contributed by atoms with E-state index < -0.39 is 59.2 Å². The molecule has 3 aromatic rings. The fourth-order valence-electron chi connectivity index (χ4n) is 6.55. The number of aliphatic carboxylic acids is 1. The van der Waals surface area contributed by atoms with Crippen molar-refractivity contribution in [2.24, 2.45) is 5.92 Å². The van der Waals surface area contributed by atoms with E-state index in [1.54, 1.807) is 26.2 Å². The minimum atomic E-state index is -3.03. The van der Waals surface area contributed by atoms with Gasteiger partial charge < -0.3 is 49.3 Å². The SMILES string of the molecule is CCS(=O)(=O)CC1CCC(N(C)c2ncnc3c2ccn3C(=O)N(C)CCN(C)C(=O)OCc2ncccc2O[C@@H]2O[C@H](C(=O)O)[C@@H](O)[C@H](O)[C@H]2O)CC1. The Balaban J connectivity index is 1.14. The van der Waals surface area contributed by atoms with Gasteiger partial charge in [0.25, 0.3) is 0 Å². The number of aliphatic hydroxyl groups is 3. The lowest BCUT2D eigenvalue weighted by Crippen LogP contribution is -2.61. The number of likely N-dealkylation sites (N-methyl/N-ethyl adjacent to an activating group) is 2. The number of aliphatic hydroxyl groups excluding tert-OH is 3. The Morgan fingerprint density at radius 3 is 2.35 bits per heavy atom. The van der Waals surface area contributed by atoms with E-state index in [4.69, 9.17) is 14.2 Å². The van der Waals surface area contributed by atoms with Gasteiger partial charge in [0.05, 0.1) is 11.1 Å². The van der Waals surface area contributed by atoms with Crippen LogP contribution in [0.1, 0.15) is 38.3 Å². The molecule has 2 amide bonds. The first-order valence-corrected chi connectivity index (χ1v) is 19.4. The number of carboxylic acids is 1. The van der Waals surface area contributed by atoms with Crippen LogP contribution in [0.3, 0.4) is 0 Å². The number of fused-ring (bicyclic) bond motifs is 1. The summed E-state index contributed by atoms with van der Waals surface area (Å²) < 4.78 is 41.8. The molecule has 3 aromatic heterocycles. The van der Waals surface area contributed by atoms with Crippen LogP contribution < -0.4 is 9.64 Å². The van der Waals surface area contributed by atoms with Crippen molar-refractivity contribution >= 4 is 44.8 Å². The number of hydrogen-bond acceptors (Lipinski definition) is 15. The van der Waals surface area contributed by atoms with E-state index in [0.717, 1.165) is 25.7 Å². The number of pyridine rings is 1. The summed E-state index contributed by atoms with van der Waals surface area (Å²) in [4.78, 5) is 55.6. The molecule has 0 radical (unpaired) electrons. The van der Waals surface area contributed by atoms with Crippen molar-refractivity contribution in [3.63, 3.8) is 0 Å². The molecule has 20 heteroatoms. The van der Waals surface area contributed by atoms with Crippen molar-refractivity contribution in [2.45, 2.75) is 76.0 Å². The topological polar surface area (TPSA) is 247 Å². The van der Waals surface area contributed by atoms with Gasteiger partial charge in [-0.05, 0) is 49.8 Å². The van der Waals surface area contributed by atoms with Gasteiger partial charge in [0.1, 0.15) is 58.3 Å². The summed E-state index contributed by atoms with van der Waals surface area (Å²) in [6.07, 6.45) is -2.17. The van der Waals surface area contributed by atoms with Crippen molar-refractivity contribution in [1.29, 1.82) is 0 Å². The molecule has 0 bridgehead atoms. The van der Waals surface area contributed by atoms with Crippen molar-refractivity contribution in [1.82, 2.24) is 29.3 Å². The fourth-order valence-corrected chi connectivity index (χ4v) is 7.83. The zero-order valence-corrected chi connectivity index (χ0v) is 31.3. The molecule has 1 saturated carbocycles. The number of carbonyl (C=O) groups excluding carboxylic acids is 2. The number of carboxylic acid groups (broad SMARTS) is 1. The monoisotopic (exact) mass is 777 g/mol. The van der Waals surface area contributed by atoms with E-state index in [2.05, 4.69) is 19.9 Å². The van der Waals surface area contributed by atoms with Gasteiger partial charge in [0.2, 0.25) is 6.29 Å². The second-order valence-electron chi connectivity index (χ2n) is 13.6. The second-order valence-corrected chi connectivity index (χ2v) is 16.0. The first-order valence-electron chi connectivity index (χ1n) is 17.5. The van der Waals surface area contributed by atoms with Gasteiger partial charge in [0.15, 0.2) is 11.8 Å². The van der Waals surface area contributed by atoms with E-state index in [1.807, 2.05) is 7.05 Å². The first kappa shape index (κ1) is 40.6. The predicted octanol–water partition coefficient (Wildman–Crippen LogP) is 0.696. The van der Waals surface area contributed by atoms with Gasteiger partial charge >= 0.3 is 18.1 Å². The molecule has 5 atom stereocenters. The molecular weight excluding hydrogens is 730 g/mol. The van der Waals surface area contributed by atoms with Crippen LogP contribution in [0.5, 0.6) is 5.75 Å². The molecule has 1 aliphatic heterocycles. The molecule has 0 unspecified atom stereocenters. The van der Waals surface area contributed by atoms with Crippen LogP contribution in [0.25, 0.3) is 11.0 Å². The molecule has 4 heterocycles. The molecule has 54 heavy (non-hydrogen) atoms. The Morgan fingerprint density at radius 1 is 0.963 bits per heavy atom. The number of carbonyl (C=O) groups is 3.